The number of carbonyl (C=O) groups excluding carboxylic acids is 2. The van der Waals surface area contributed by atoms with Crippen molar-refractivity contribution in [3.8, 4) is 5.75 Å². The van der Waals surface area contributed by atoms with Gasteiger partial charge in [0.05, 0.1) is 10.5 Å². The monoisotopic (exact) mass is 470 g/mol. The largest absolute Gasteiger partial charge is 0.452 e. The van der Waals surface area contributed by atoms with Gasteiger partial charge in [-0.25, -0.2) is 13.2 Å². The molecule has 2 rings (SSSR count). The molecule has 0 aliphatic rings. The van der Waals surface area contributed by atoms with Gasteiger partial charge in [-0.3, -0.25) is 4.79 Å². The Kier molecular flexibility index (Phi) is 8.67. The SMILES string of the molecule is CCN(CC)S(=O)(=O)c1ccc(C)c(C(=O)OCC(=O)Nc2ccc(OC(F)F)cc2)c1. The average Bonchev–Trinajstić information content (AvgIpc) is 2.74. The summed E-state index contributed by atoms with van der Waals surface area (Å²) in [5.74, 6) is -1.58. The van der Waals surface area contributed by atoms with E-state index in [0.717, 1.165) is 0 Å². The molecular formula is C21H24F2N2O6S. The molecule has 0 fully saturated rings. The summed E-state index contributed by atoms with van der Waals surface area (Å²) in [7, 11) is -3.77. The molecule has 2 aromatic rings. The maximum Gasteiger partial charge on any atom is 0.387 e. The molecule has 0 bridgehead atoms. The number of benzene rings is 2. The molecule has 0 atom stereocenters. The molecule has 32 heavy (non-hydrogen) atoms. The van der Waals surface area contributed by atoms with E-state index in [4.69, 9.17) is 4.74 Å². The fraction of sp³-hybridized carbons (Fsp3) is 0.333. The molecule has 0 aliphatic heterocycles. The summed E-state index contributed by atoms with van der Waals surface area (Å²) in [6.07, 6.45) is 0. The summed E-state index contributed by atoms with van der Waals surface area (Å²) in [5, 5.41) is 2.45. The highest BCUT2D eigenvalue weighted by atomic mass is 32.2. The normalized spacial score (nSPS) is 11.5. The number of esters is 1. The number of aryl methyl sites for hydroxylation is 1. The highest BCUT2D eigenvalue weighted by Crippen LogP contribution is 2.21. The van der Waals surface area contributed by atoms with Gasteiger partial charge in [-0.05, 0) is 48.9 Å². The number of hydrogen-bond acceptors (Lipinski definition) is 6. The van der Waals surface area contributed by atoms with Crippen LogP contribution in [0.1, 0.15) is 29.8 Å². The Balaban J connectivity index is 2.04. The predicted molar refractivity (Wildman–Crippen MR) is 113 cm³/mol. The topological polar surface area (TPSA) is 102 Å². The first-order chi connectivity index (χ1) is 15.1. The number of alkyl halides is 2. The predicted octanol–water partition coefficient (Wildman–Crippen LogP) is 3.42. The van der Waals surface area contributed by atoms with E-state index in [0.29, 0.717) is 5.56 Å². The summed E-state index contributed by atoms with van der Waals surface area (Å²) >= 11 is 0. The van der Waals surface area contributed by atoms with Crippen LogP contribution >= 0.6 is 0 Å². The third kappa shape index (κ3) is 6.47. The Hall–Kier alpha value is -3.05. The second-order valence-electron chi connectivity index (χ2n) is 6.59. The van der Waals surface area contributed by atoms with Crippen LogP contribution in [0.3, 0.4) is 0 Å². The van der Waals surface area contributed by atoms with Gasteiger partial charge in [0, 0.05) is 18.8 Å². The van der Waals surface area contributed by atoms with Crippen LogP contribution in [0.4, 0.5) is 14.5 Å². The molecule has 0 unspecified atom stereocenters. The maximum absolute atomic E-state index is 12.7. The number of rotatable bonds is 10. The van der Waals surface area contributed by atoms with Gasteiger partial charge in [-0.2, -0.15) is 13.1 Å². The first-order valence-electron chi connectivity index (χ1n) is 9.71. The van der Waals surface area contributed by atoms with Crippen molar-refractivity contribution in [3.63, 3.8) is 0 Å². The summed E-state index contributed by atoms with van der Waals surface area (Å²) in [6, 6.07) is 9.33. The van der Waals surface area contributed by atoms with Crippen LogP contribution in [0.2, 0.25) is 0 Å². The molecule has 1 N–H and O–H groups in total. The number of ether oxygens (including phenoxy) is 2. The van der Waals surface area contributed by atoms with E-state index in [-0.39, 0.29) is 35.0 Å². The number of sulfonamides is 1. The Bertz CT molecular complexity index is 1050. The van der Waals surface area contributed by atoms with Gasteiger partial charge in [-0.1, -0.05) is 19.9 Å². The van der Waals surface area contributed by atoms with E-state index >= 15 is 0 Å². The first kappa shape index (κ1) is 25.2. The van der Waals surface area contributed by atoms with Crippen LogP contribution in [0.25, 0.3) is 0 Å². The molecule has 1 amide bonds. The second-order valence-corrected chi connectivity index (χ2v) is 8.53. The number of hydrogen-bond donors (Lipinski definition) is 1. The van der Waals surface area contributed by atoms with Crippen molar-refractivity contribution in [2.45, 2.75) is 32.3 Å². The Morgan fingerprint density at radius 3 is 2.25 bits per heavy atom. The zero-order chi connectivity index (χ0) is 23.9. The standard InChI is InChI=1S/C21H24F2N2O6S/c1-4-25(5-2)32(28,29)17-11-6-14(3)18(12-17)20(27)30-13-19(26)24-15-7-9-16(10-8-15)31-21(22)23/h6-12,21H,4-5,13H2,1-3H3,(H,24,26). The average molecular weight is 470 g/mol. The number of halogens is 2. The zero-order valence-corrected chi connectivity index (χ0v) is 18.6. The molecule has 2 aromatic carbocycles. The van der Waals surface area contributed by atoms with Gasteiger partial charge in [0.15, 0.2) is 6.61 Å². The van der Waals surface area contributed by atoms with E-state index in [1.54, 1.807) is 20.8 Å². The van der Waals surface area contributed by atoms with E-state index in [2.05, 4.69) is 10.1 Å². The first-order valence-corrected chi connectivity index (χ1v) is 11.1. The van der Waals surface area contributed by atoms with Crippen molar-refractivity contribution in [1.82, 2.24) is 4.31 Å². The summed E-state index contributed by atoms with van der Waals surface area (Å²) in [5.41, 5.74) is 0.805. The van der Waals surface area contributed by atoms with Gasteiger partial charge < -0.3 is 14.8 Å². The molecule has 0 saturated heterocycles. The lowest BCUT2D eigenvalue weighted by molar-refractivity contribution is -0.119. The van der Waals surface area contributed by atoms with Crippen LogP contribution in [0.5, 0.6) is 5.75 Å². The van der Waals surface area contributed by atoms with Gasteiger partial charge >= 0.3 is 12.6 Å². The molecule has 11 heteroatoms. The molecule has 0 aliphatic carbocycles. The number of anilines is 1. The maximum atomic E-state index is 12.7. The minimum absolute atomic E-state index is 0.0273. The molecule has 0 heterocycles. The third-order valence-corrected chi connectivity index (χ3v) is 6.52. The van der Waals surface area contributed by atoms with Gasteiger partial charge in [-0.15, -0.1) is 0 Å². The van der Waals surface area contributed by atoms with Crippen molar-refractivity contribution in [3.05, 3.63) is 53.6 Å². The minimum atomic E-state index is -3.77. The lowest BCUT2D eigenvalue weighted by atomic mass is 10.1. The van der Waals surface area contributed by atoms with Crippen molar-refractivity contribution >= 4 is 27.6 Å². The summed E-state index contributed by atoms with van der Waals surface area (Å²) in [6.45, 7) is 2.02. The van der Waals surface area contributed by atoms with Gasteiger partial charge in [0.25, 0.3) is 5.91 Å². The quantitative estimate of drug-likeness (QED) is 0.534. The fourth-order valence-electron chi connectivity index (χ4n) is 2.82. The van der Waals surface area contributed by atoms with E-state index < -0.39 is 35.1 Å². The van der Waals surface area contributed by atoms with E-state index in [9.17, 15) is 26.8 Å². The van der Waals surface area contributed by atoms with Crippen molar-refractivity contribution in [2.75, 3.05) is 25.0 Å². The lowest BCUT2D eigenvalue weighted by Crippen LogP contribution is -2.30. The van der Waals surface area contributed by atoms with Gasteiger partial charge in [0.1, 0.15) is 5.75 Å². The highest BCUT2D eigenvalue weighted by Gasteiger charge is 2.24. The number of nitrogens with zero attached hydrogens (tertiary/aromatic N) is 1. The summed E-state index contributed by atoms with van der Waals surface area (Å²) in [4.78, 5) is 24.5. The van der Waals surface area contributed by atoms with Crippen LogP contribution in [-0.2, 0) is 19.6 Å². The Morgan fingerprint density at radius 1 is 1.06 bits per heavy atom. The molecular weight excluding hydrogens is 446 g/mol. The molecule has 8 nitrogen and oxygen atoms in total. The lowest BCUT2D eigenvalue weighted by Gasteiger charge is -2.19. The molecule has 0 spiro atoms. The summed E-state index contributed by atoms with van der Waals surface area (Å²) < 4.78 is 60.2. The van der Waals surface area contributed by atoms with E-state index in [1.165, 1.54) is 46.8 Å². The van der Waals surface area contributed by atoms with Crippen LogP contribution in [0.15, 0.2) is 47.4 Å². The number of nitrogens with one attached hydrogen (secondary N) is 1. The fourth-order valence-corrected chi connectivity index (χ4v) is 4.30. The number of carbonyl (C=O) groups is 2. The van der Waals surface area contributed by atoms with E-state index in [1.807, 2.05) is 0 Å². The highest BCUT2D eigenvalue weighted by molar-refractivity contribution is 7.89. The molecule has 0 saturated carbocycles. The van der Waals surface area contributed by atoms with Crippen molar-refractivity contribution in [1.29, 1.82) is 0 Å². The Morgan fingerprint density at radius 2 is 1.69 bits per heavy atom. The molecule has 0 aromatic heterocycles. The third-order valence-electron chi connectivity index (χ3n) is 4.47. The Labute approximate surface area is 185 Å². The zero-order valence-electron chi connectivity index (χ0n) is 17.8. The van der Waals surface area contributed by atoms with Crippen molar-refractivity contribution in [2.24, 2.45) is 0 Å². The number of amides is 1. The van der Waals surface area contributed by atoms with Crippen molar-refractivity contribution < 1.29 is 36.3 Å². The van der Waals surface area contributed by atoms with Crippen LogP contribution < -0.4 is 10.1 Å². The van der Waals surface area contributed by atoms with Gasteiger partial charge in [0.2, 0.25) is 10.0 Å². The van der Waals surface area contributed by atoms with Crippen LogP contribution in [0, 0.1) is 6.92 Å². The minimum Gasteiger partial charge on any atom is -0.452 e. The molecule has 174 valence electrons. The smallest absolute Gasteiger partial charge is 0.387 e. The van der Waals surface area contributed by atoms with Crippen LogP contribution in [-0.4, -0.2) is 50.9 Å². The molecule has 0 radical (unpaired) electrons. The second kappa shape index (κ2) is 11.0.